The number of amides is 1. The summed E-state index contributed by atoms with van der Waals surface area (Å²) in [7, 11) is 0. The Hall–Kier alpha value is -1.89. The molecular formula is C21H36N6O. The summed E-state index contributed by atoms with van der Waals surface area (Å²) in [6, 6.07) is 2.05. The van der Waals surface area contributed by atoms with Gasteiger partial charge >= 0.3 is 0 Å². The van der Waals surface area contributed by atoms with E-state index in [0.717, 1.165) is 83.3 Å². The van der Waals surface area contributed by atoms with Crippen molar-refractivity contribution in [3.05, 3.63) is 12.4 Å². The molecule has 0 saturated carbocycles. The summed E-state index contributed by atoms with van der Waals surface area (Å²) in [6.07, 6.45) is 6.76. The molecule has 1 aromatic heterocycles. The Kier molecular flexibility index (Phi) is 7.89. The van der Waals surface area contributed by atoms with Crippen molar-refractivity contribution in [1.82, 2.24) is 19.8 Å². The number of piperidine rings is 1. The molecule has 7 heteroatoms. The lowest BCUT2D eigenvalue weighted by Gasteiger charge is -2.35. The number of likely N-dealkylation sites (N-methyl/N-ethyl adjacent to an activating group) is 1. The van der Waals surface area contributed by atoms with Gasteiger partial charge in [-0.25, -0.2) is 9.97 Å². The number of hydrogen-bond acceptors (Lipinski definition) is 6. The molecular weight excluding hydrogens is 352 g/mol. The summed E-state index contributed by atoms with van der Waals surface area (Å²) < 4.78 is 0. The molecule has 2 aliphatic rings. The minimum absolute atomic E-state index is 0.334. The van der Waals surface area contributed by atoms with Crippen LogP contribution in [0.1, 0.15) is 46.0 Å². The van der Waals surface area contributed by atoms with Gasteiger partial charge in [-0.15, -0.1) is 0 Å². The van der Waals surface area contributed by atoms with Crippen LogP contribution in [0.5, 0.6) is 0 Å². The Morgan fingerprint density at radius 3 is 2.75 bits per heavy atom. The molecule has 0 spiro atoms. The lowest BCUT2D eigenvalue weighted by molar-refractivity contribution is -0.133. The minimum atomic E-state index is 0.334. The maximum Gasteiger partial charge on any atom is 0.222 e. The van der Waals surface area contributed by atoms with Crippen LogP contribution in [0.15, 0.2) is 12.4 Å². The lowest BCUT2D eigenvalue weighted by Crippen LogP contribution is -2.48. The summed E-state index contributed by atoms with van der Waals surface area (Å²) in [5.41, 5.74) is 0. The van der Waals surface area contributed by atoms with Crippen LogP contribution in [0.25, 0.3) is 0 Å². The summed E-state index contributed by atoms with van der Waals surface area (Å²) in [4.78, 5) is 28.2. The molecule has 2 saturated heterocycles. The molecule has 0 aliphatic carbocycles. The van der Waals surface area contributed by atoms with E-state index in [9.17, 15) is 4.79 Å². The maximum absolute atomic E-state index is 12.6. The van der Waals surface area contributed by atoms with Gasteiger partial charge in [0.1, 0.15) is 18.0 Å². The zero-order valence-electron chi connectivity index (χ0n) is 17.6. The molecule has 3 heterocycles. The summed E-state index contributed by atoms with van der Waals surface area (Å²) >= 11 is 0. The average Bonchev–Trinajstić information content (AvgIpc) is 2.76. The molecule has 1 unspecified atom stereocenters. The van der Waals surface area contributed by atoms with E-state index < -0.39 is 0 Å². The predicted molar refractivity (Wildman–Crippen MR) is 114 cm³/mol. The van der Waals surface area contributed by atoms with E-state index in [1.165, 1.54) is 6.42 Å². The Morgan fingerprint density at radius 2 is 2.00 bits per heavy atom. The average molecular weight is 389 g/mol. The predicted octanol–water partition coefficient (Wildman–Crippen LogP) is 2.46. The zero-order valence-corrected chi connectivity index (χ0v) is 17.6. The number of rotatable bonds is 8. The summed E-state index contributed by atoms with van der Waals surface area (Å²) in [5, 5.41) is 3.34. The van der Waals surface area contributed by atoms with Crippen molar-refractivity contribution in [2.45, 2.75) is 46.0 Å². The van der Waals surface area contributed by atoms with Gasteiger partial charge < -0.3 is 20.0 Å². The van der Waals surface area contributed by atoms with Crippen molar-refractivity contribution < 1.29 is 4.79 Å². The molecule has 156 valence electrons. The van der Waals surface area contributed by atoms with E-state index in [2.05, 4.69) is 49.9 Å². The van der Waals surface area contributed by atoms with Gasteiger partial charge in [-0.05, 0) is 38.1 Å². The van der Waals surface area contributed by atoms with Gasteiger partial charge in [0.15, 0.2) is 0 Å². The van der Waals surface area contributed by atoms with Crippen LogP contribution in [0.4, 0.5) is 11.6 Å². The fourth-order valence-electron chi connectivity index (χ4n) is 4.18. The molecule has 1 aromatic rings. The van der Waals surface area contributed by atoms with Crippen LogP contribution >= 0.6 is 0 Å². The number of aromatic nitrogens is 2. The molecule has 1 N–H and O–H groups in total. The van der Waals surface area contributed by atoms with Gasteiger partial charge in [-0.3, -0.25) is 4.79 Å². The molecule has 0 radical (unpaired) electrons. The van der Waals surface area contributed by atoms with E-state index in [1.807, 2.05) is 0 Å². The van der Waals surface area contributed by atoms with Gasteiger partial charge in [0.2, 0.25) is 5.91 Å². The first kappa shape index (κ1) is 20.8. The number of nitrogens with zero attached hydrogens (tertiary/aromatic N) is 5. The number of hydrogen-bond donors (Lipinski definition) is 1. The number of carbonyl (C=O) groups excluding carboxylic acids is 1. The van der Waals surface area contributed by atoms with E-state index in [0.29, 0.717) is 18.2 Å². The normalized spacial score (nSPS) is 21.0. The first-order valence-corrected chi connectivity index (χ1v) is 11.0. The fraction of sp³-hybridized carbons (Fsp3) is 0.762. The molecule has 28 heavy (non-hydrogen) atoms. The Bertz CT molecular complexity index is 617. The van der Waals surface area contributed by atoms with E-state index in [1.54, 1.807) is 6.33 Å². The van der Waals surface area contributed by atoms with E-state index >= 15 is 0 Å². The monoisotopic (exact) mass is 388 g/mol. The van der Waals surface area contributed by atoms with Crippen LogP contribution in [-0.2, 0) is 4.79 Å². The Labute approximate surface area is 169 Å². The molecule has 2 fully saturated rings. The van der Waals surface area contributed by atoms with Crippen LogP contribution in [0, 0.1) is 5.92 Å². The van der Waals surface area contributed by atoms with Gasteiger partial charge in [0.05, 0.1) is 0 Å². The molecule has 2 aliphatic heterocycles. The summed E-state index contributed by atoms with van der Waals surface area (Å²) in [5.74, 6) is 2.80. The standard InChI is InChI=1S/C21H36N6O/c1-3-9-22-19-15-20(24-17-23-19)27-10-5-6-18(16-27)7-8-21(28)26-13-11-25(4-2)12-14-26/h15,17-18H,3-14,16H2,1-2H3,(H,22,23,24). The second kappa shape index (κ2) is 10.6. The van der Waals surface area contributed by atoms with Crippen LogP contribution in [0.2, 0.25) is 0 Å². The van der Waals surface area contributed by atoms with Crippen molar-refractivity contribution in [3.63, 3.8) is 0 Å². The second-order valence-corrected chi connectivity index (χ2v) is 8.00. The summed E-state index contributed by atoms with van der Waals surface area (Å²) in [6.45, 7) is 12.2. The van der Waals surface area contributed by atoms with E-state index in [4.69, 9.17) is 0 Å². The molecule has 3 rings (SSSR count). The third-order valence-electron chi connectivity index (χ3n) is 5.99. The number of carbonyl (C=O) groups is 1. The highest BCUT2D eigenvalue weighted by Crippen LogP contribution is 2.26. The van der Waals surface area contributed by atoms with Crippen LogP contribution in [0.3, 0.4) is 0 Å². The van der Waals surface area contributed by atoms with Crippen molar-refractivity contribution in [2.24, 2.45) is 5.92 Å². The second-order valence-electron chi connectivity index (χ2n) is 8.00. The highest BCUT2D eigenvalue weighted by molar-refractivity contribution is 5.76. The van der Waals surface area contributed by atoms with E-state index in [-0.39, 0.29) is 0 Å². The first-order valence-electron chi connectivity index (χ1n) is 11.0. The Morgan fingerprint density at radius 1 is 1.18 bits per heavy atom. The number of piperazine rings is 1. The lowest BCUT2D eigenvalue weighted by atomic mass is 9.93. The zero-order chi connectivity index (χ0) is 19.8. The topological polar surface area (TPSA) is 64.6 Å². The highest BCUT2D eigenvalue weighted by atomic mass is 16.2. The molecule has 7 nitrogen and oxygen atoms in total. The number of nitrogens with one attached hydrogen (secondary N) is 1. The molecule has 1 amide bonds. The quantitative estimate of drug-likeness (QED) is 0.738. The smallest absolute Gasteiger partial charge is 0.222 e. The van der Waals surface area contributed by atoms with Crippen LogP contribution in [-0.4, -0.2) is 78.0 Å². The van der Waals surface area contributed by atoms with Crippen LogP contribution < -0.4 is 10.2 Å². The van der Waals surface area contributed by atoms with Gasteiger partial charge in [0, 0.05) is 58.3 Å². The first-order chi connectivity index (χ1) is 13.7. The third kappa shape index (κ3) is 5.80. The molecule has 0 bridgehead atoms. The van der Waals surface area contributed by atoms with Gasteiger partial charge in [-0.1, -0.05) is 13.8 Å². The van der Waals surface area contributed by atoms with Gasteiger partial charge in [-0.2, -0.15) is 0 Å². The fourth-order valence-corrected chi connectivity index (χ4v) is 4.18. The molecule has 0 aromatic carbocycles. The van der Waals surface area contributed by atoms with Crippen molar-refractivity contribution in [1.29, 1.82) is 0 Å². The highest BCUT2D eigenvalue weighted by Gasteiger charge is 2.24. The van der Waals surface area contributed by atoms with Crippen molar-refractivity contribution in [2.75, 3.05) is 62.6 Å². The largest absolute Gasteiger partial charge is 0.370 e. The maximum atomic E-state index is 12.6. The van der Waals surface area contributed by atoms with Crippen molar-refractivity contribution in [3.8, 4) is 0 Å². The SMILES string of the molecule is CCCNc1cc(N2CCCC(CCC(=O)N3CCN(CC)CC3)C2)ncn1. The molecule has 1 atom stereocenters. The number of anilines is 2. The third-order valence-corrected chi connectivity index (χ3v) is 5.99. The van der Waals surface area contributed by atoms with Crippen molar-refractivity contribution >= 4 is 17.5 Å². The minimum Gasteiger partial charge on any atom is -0.370 e. The van der Waals surface area contributed by atoms with Gasteiger partial charge in [0.25, 0.3) is 0 Å². The Balaban J connectivity index is 1.47.